The average molecular weight is 399 g/mol. The Morgan fingerprint density at radius 1 is 1.21 bits per heavy atom. The lowest BCUT2D eigenvalue weighted by atomic mass is 9.82. The topological polar surface area (TPSA) is 58.4 Å². The predicted molar refractivity (Wildman–Crippen MR) is 108 cm³/mol. The molecule has 29 heavy (non-hydrogen) atoms. The molecule has 2 heterocycles. The summed E-state index contributed by atoms with van der Waals surface area (Å²) in [4.78, 5) is 18.0. The van der Waals surface area contributed by atoms with Gasteiger partial charge in [-0.1, -0.05) is 24.3 Å². The Bertz CT molecular complexity index is 1060. The molecule has 0 radical (unpaired) electrons. The van der Waals surface area contributed by atoms with E-state index in [4.69, 9.17) is 0 Å². The number of carboxylic acid groups (broad SMARTS) is 1. The first kappa shape index (κ1) is 19.4. The maximum Gasteiger partial charge on any atom is 0.320 e. The van der Waals surface area contributed by atoms with Gasteiger partial charge in [-0.15, -0.1) is 0 Å². The number of imidazole rings is 1. The fourth-order valence-electron chi connectivity index (χ4n) is 4.35. The summed E-state index contributed by atoms with van der Waals surface area (Å²) in [5.74, 6) is -0.911. The van der Waals surface area contributed by atoms with Gasteiger partial charge in [0, 0.05) is 23.3 Å². The van der Waals surface area contributed by atoms with Gasteiger partial charge in [0.2, 0.25) is 0 Å². The number of benzene rings is 2. The molecule has 3 aromatic rings. The lowest BCUT2D eigenvalue weighted by molar-refractivity contribution is -0.143. The minimum atomic E-state index is -2.70. The zero-order chi connectivity index (χ0) is 20.8. The Kier molecular flexibility index (Phi) is 4.76. The van der Waals surface area contributed by atoms with Crippen LogP contribution in [0.25, 0.3) is 22.4 Å². The van der Waals surface area contributed by atoms with Gasteiger partial charge in [0.1, 0.15) is 5.82 Å². The predicted octanol–water partition coefficient (Wildman–Crippen LogP) is 5.18. The fraction of sp³-hybridized carbons (Fsp3) is 0.364. The molecular formula is C22H23F2N3O2. The first-order valence-corrected chi connectivity index (χ1v) is 9.64. The first-order chi connectivity index (χ1) is 13.8. The number of fused-ring (bicyclic) bond motifs is 1. The molecule has 1 aromatic heterocycles. The molecule has 4 rings (SSSR count). The minimum absolute atomic E-state index is 0.223. The molecule has 0 aliphatic carbocycles. The van der Waals surface area contributed by atoms with Gasteiger partial charge < -0.3 is 10.0 Å². The van der Waals surface area contributed by atoms with Crippen LogP contribution in [0.2, 0.25) is 0 Å². The highest BCUT2D eigenvalue weighted by Crippen LogP contribution is 2.38. The van der Waals surface area contributed by atoms with Gasteiger partial charge in [0.05, 0.1) is 17.0 Å². The van der Waals surface area contributed by atoms with Crippen molar-refractivity contribution in [2.24, 2.45) is 5.92 Å². The van der Waals surface area contributed by atoms with Gasteiger partial charge in [-0.05, 0) is 51.0 Å². The van der Waals surface area contributed by atoms with Gasteiger partial charge >= 0.3 is 12.5 Å². The van der Waals surface area contributed by atoms with Crippen molar-refractivity contribution in [3.8, 4) is 11.4 Å². The van der Waals surface area contributed by atoms with Crippen molar-refractivity contribution in [1.82, 2.24) is 9.55 Å². The average Bonchev–Trinajstić information content (AvgIpc) is 3.07. The zero-order valence-corrected chi connectivity index (χ0v) is 16.3. The van der Waals surface area contributed by atoms with Gasteiger partial charge in [0.25, 0.3) is 0 Å². The fourth-order valence-corrected chi connectivity index (χ4v) is 4.35. The van der Waals surface area contributed by atoms with Gasteiger partial charge in [0.15, 0.2) is 0 Å². The summed E-state index contributed by atoms with van der Waals surface area (Å²) < 4.78 is 28.6. The molecule has 152 valence electrons. The maximum absolute atomic E-state index is 13.8. The highest BCUT2D eigenvalue weighted by atomic mass is 19.3. The molecule has 7 heteroatoms. The number of halogens is 2. The number of para-hydroxylation sites is 2. The number of hydrogen-bond acceptors (Lipinski definition) is 3. The Morgan fingerprint density at radius 3 is 2.66 bits per heavy atom. The molecule has 1 N–H and O–H groups in total. The number of carboxylic acids is 1. The second-order valence-electron chi connectivity index (χ2n) is 8.11. The third-order valence-electron chi connectivity index (χ3n) is 5.73. The van der Waals surface area contributed by atoms with E-state index in [0.29, 0.717) is 36.0 Å². The van der Waals surface area contributed by atoms with Gasteiger partial charge in [-0.25, -0.2) is 4.98 Å². The third kappa shape index (κ3) is 3.45. The SMILES string of the molecule is CC1(C)CC(C(=O)O)CCN1c1cccc(-c2nc3ccccc3n2C(F)F)c1. The van der Waals surface area contributed by atoms with Crippen LogP contribution in [0, 0.1) is 5.92 Å². The number of hydrogen-bond donors (Lipinski definition) is 1. The largest absolute Gasteiger partial charge is 0.481 e. The van der Waals surface area contributed by atoms with Crippen LogP contribution >= 0.6 is 0 Å². The Labute approximate surface area is 167 Å². The number of alkyl halides is 2. The quantitative estimate of drug-likeness (QED) is 0.657. The highest BCUT2D eigenvalue weighted by Gasteiger charge is 2.38. The van der Waals surface area contributed by atoms with E-state index in [2.05, 4.69) is 9.88 Å². The summed E-state index contributed by atoms with van der Waals surface area (Å²) in [6.45, 7) is 1.93. The van der Waals surface area contributed by atoms with Crippen LogP contribution in [-0.4, -0.2) is 32.7 Å². The van der Waals surface area contributed by atoms with Crippen LogP contribution in [0.3, 0.4) is 0 Å². The van der Waals surface area contributed by atoms with Crippen molar-refractivity contribution in [2.75, 3.05) is 11.4 Å². The molecule has 1 fully saturated rings. The third-order valence-corrected chi connectivity index (χ3v) is 5.73. The second-order valence-corrected chi connectivity index (χ2v) is 8.11. The van der Waals surface area contributed by atoms with E-state index in [0.717, 1.165) is 10.3 Å². The molecule has 1 aliphatic rings. The molecule has 1 unspecified atom stereocenters. The number of anilines is 1. The summed E-state index contributed by atoms with van der Waals surface area (Å²) in [6, 6.07) is 14.3. The van der Waals surface area contributed by atoms with E-state index in [-0.39, 0.29) is 17.3 Å². The standard InChI is InChI=1S/C22H23F2N3O2/c1-22(2)13-15(20(28)29)10-11-26(22)16-7-5-6-14(12-16)19-25-17-8-3-4-9-18(17)27(19)21(23)24/h3-9,12,15,21H,10-11,13H2,1-2H3,(H,28,29). The summed E-state index contributed by atoms with van der Waals surface area (Å²) in [5.41, 5.74) is 2.05. The molecule has 2 aromatic carbocycles. The molecule has 0 amide bonds. The molecular weight excluding hydrogens is 376 g/mol. The van der Waals surface area contributed by atoms with Crippen LogP contribution in [-0.2, 0) is 4.79 Å². The van der Waals surface area contributed by atoms with E-state index in [1.807, 2.05) is 32.0 Å². The monoisotopic (exact) mass is 399 g/mol. The Morgan fingerprint density at radius 2 is 1.97 bits per heavy atom. The summed E-state index contributed by atoms with van der Waals surface area (Å²) >= 11 is 0. The maximum atomic E-state index is 13.8. The molecule has 1 aliphatic heterocycles. The van der Waals surface area contributed by atoms with E-state index < -0.39 is 12.5 Å². The summed E-state index contributed by atoms with van der Waals surface area (Å²) in [5, 5.41) is 9.37. The number of rotatable bonds is 4. The van der Waals surface area contributed by atoms with E-state index in [1.165, 1.54) is 0 Å². The Balaban J connectivity index is 1.75. The van der Waals surface area contributed by atoms with Crippen molar-refractivity contribution in [3.05, 3.63) is 48.5 Å². The van der Waals surface area contributed by atoms with Crippen LogP contribution in [0.5, 0.6) is 0 Å². The van der Waals surface area contributed by atoms with E-state index in [9.17, 15) is 18.7 Å². The van der Waals surface area contributed by atoms with Crippen LogP contribution < -0.4 is 4.90 Å². The number of aliphatic carboxylic acids is 1. The Hall–Kier alpha value is -2.96. The molecule has 0 saturated carbocycles. The van der Waals surface area contributed by atoms with Crippen molar-refractivity contribution >= 4 is 22.7 Å². The van der Waals surface area contributed by atoms with E-state index in [1.54, 1.807) is 30.3 Å². The zero-order valence-electron chi connectivity index (χ0n) is 16.3. The molecule has 0 bridgehead atoms. The second kappa shape index (κ2) is 7.13. The van der Waals surface area contributed by atoms with E-state index >= 15 is 0 Å². The van der Waals surface area contributed by atoms with Crippen LogP contribution in [0.15, 0.2) is 48.5 Å². The summed E-state index contributed by atoms with van der Waals surface area (Å²) in [6.07, 6.45) is 1.08. The lowest BCUT2D eigenvalue weighted by Gasteiger charge is -2.46. The molecule has 0 spiro atoms. The van der Waals surface area contributed by atoms with Crippen LogP contribution in [0.1, 0.15) is 33.2 Å². The van der Waals surface area contributed by atoms with Crippen molar-refractivity contribution in [2.45, 2.75) is 38.8 Å². The van der Waals surface area contributed by atoms with Crippen LogP contribution in [0.4, 0.5) is 14.5 Å². The smallest absolute Gasteiger partial charge is 0.320 e. The van der Waals surface area contributed by atoms with Crippen molar-refractivity contribution in [1.29, 1.82) is 0 Å². The molecule has 5 nitrogen and oxygen atoms in total. The lowest BCUT2D eigenvalue weighted by Crippen LogP contribution is -2.51. The summed E-state index contributed by atoms with van der Waals surface area (Å²) in [7, 11) is 0. The molecule has 1 saturated heterocycles. The number of aromatic nitrogens is 2. The molecule has 1 atom stereocenters. The normalized spacial score (nSPS) is 19.1. The minimum Gasteiger partial charge on any atom is -0.481 e. The van der Waals surface area contributed by atoms with Crippen molar-refractivity contribution in [3.63, 3.8) is 0 Å². The van der Waals surface area contributed by atoms with Gasteiger partial charge in [-0.2, -0.15) is 8.78 Å². The highest BCUT2D eigenvalue weighted by molar-refractivity contribution is 5.81. The first-order valence-electron chi connectivity index (χ1n) is 9.64. The number of nitrogens with zero attached hydrogens (tertiary/aromatic N) is 3. The van der Waals surface area contributed by atoms with Gasteiger partial charge in [-0.3, -0.25) is 9.36 Å². The number of piperidine rings is 1. The number of carbonyl (C=O) groups is 1. The van der Waals surface area contributed by atoms with Crippen molar-refractivity contribution < 1.29 is 18.7 Å².